The third-order valence-electron chi connectivity index (χ3n) is 2.19. The number of rotatable bonds is 10. The van der Waals surface area contributed by atoms with E-state index in [9.17, 15) is 9.36 Å². The van der Waals surface area contributed by atoms with E-state index in [4.69, 9.17) is 15.0 Å². The van der Waals surface area contributed by atoms with Gasteiger partial charge in [0.05, 0.1) is 12.8 Å². The maximum Gasteiger partial charge on any atom is 0.323 e. The second kappa shape index (κ2) is 9.53. The highest BCUT2D eigenvalue weighted by molar-refractivity contribution is 7.57. The minimum atomic E-state index is -3.32. The molecule has 114 valence electrons. The molecule has 0 saturated carbocycles. The number of allylic oxidation sites excluding steroid dienone is 3. The molecule has 1 unspecified atom stereocenters. The van der Waals surface area contributed by atoms with E-state index in [1.54, 1.807) is 13.8 Å². The summed E-state index contributed by atoms with van der Waals surface area (Å²) in [5.41, 5.74) is 5.44. The number of carbonyl (C=O) groups is 1. The lowest BCUT2D eigenvalue weighted by molar-refractivity contribution is -0.144. The molecule has 0 spiro atoms. The fraction of sp³-hybridized carbons (Fsp3) is 0.462. The van der Waals surface area contributed by atoms with E-state index in [1.165, 1.54) is 18.2 Å². The summed E-state index contributed by atoms with van der Waals surface area (Å²) in [6, 6.07) is -0.762. The molecule has 0 bridgehead atoms. The summed E-state index contributed by atoms with van der Waals surface area (Å²) in [5, 5.41) is 2.66. The maximum atomic E-state index is 12.6. The first-order valence-corrected chi connectivity index (χ1v) is 8.11. The van der Waals surface area contributed by atoms with Crippen molar-refractivity contribution in [3.63, 3.8) is 0 Å². The van der Waals surface area contributed by atoms with Crippen molar-refractivity contribution < 1.29 is 18.6 Å². The molecule has 0 amide bonds. The maximum absolute atomic E-state index is 12.6. The van der Waals surface area contributed by atoms with E-state index < -0.39 is 19.5 Å². The van der Waals surface area contributed by atoms with Crippen molar-refractivity contribution in [3.8, 4) is 0 Å². The van der Waals surface area contributed by atoms with E-state index in [0.29, 0.717) is 5.76 Å². The molecule has 0 fully saturated rings. The van der Waals surface area contributed by atoms with Crippen LogP contribution in [0.5, 0.6) is 0 Å². The van der Waals surface area contributed by atoms with Crippen molar-refractivity contribution in [1.29, 1.82) is 0 Å². The third kappa shape index (κ3) is 6.70. The Morgan fingerprint density at radius 1 is 1.50 bits per heavy atom. The zero-order chi connectivity index (χ0) is 15.6. The Labute approximate surface area is 120 Å². The van der Waals surface area contributed by atoms with E-state index in [1.807, 2.05) is 0 Å². The van der Waals surface area contributed by atoms with Gasteiger partial charge in [-0.15, -0.1) is 0 Å². The quantitative estimate of drug-likeness (QED) is 0.277. The van der Waals surface area contributed by atoms with Gasteiger partial charge in [0.25, 0.3) is 0 Å². The third-order valence-corrected chi connectivity index (χ3v) is 4.32. The zero-order valence-electron chi connectivity index (χ0n) is 12.0. The number of nitrogens with one attached hydrogen (secondary N) is 1. The molecule has 3 N–H and O–H groups in total. The summed E-state index contributed by atoms with van der Waals surface area (Å²) >= 11 is 0. The SMILES string of the molecule is C=C/C=C(\C=C)OP(=O)(CCN)N[C@@H](C)C(=O)OCC. The van der Waals surface area contributed by atoms with Crippen molar-refractivity contribution in [2.75, 3.05) is 19.3 Å². The van der Waals surface area contributed by atoms with Crippen LogP contribution in [-0.2, 0) is 18.6 Å². The van der Waals surface area contributed by atoms with Crippen LogP contribution in [0.15, 0.2) is 37.1 Å². The lowest BCUT2D eigenvalue weighted by Gasteiger charge is -2.23. The Morgan fingerprint density at radius 3 is 2.60 bits per heavy atom. The smallest absolute Gasteiger partial charge is 0.323 e. The number of hydrogen-bond acceptors (Lipinski definition) is 5. The van der Waals surface area contributed by atoms with Crippen LogP contribution in [0.3, 0.4) is 0 Å². The second-order valence-electron chi connectivity index (χ2n) is 3.89. The van der Waals surface area contributed by atoms with Gasteiger partial charge in [-0.2, -0.15) is 0 Å². The molecule has 0 radical (unpaired) electrons. The van der Waals surface area contributed by atoms with Gasteiger partial charge in [-0.1, -0.05) is 19.2 Å². The van der Waals surface area contributed by atoms with Crippen LogP contribution >= 0.6 is 7.52 Å². The molecule has 0 aliphatic carbocycles. The van der Waals surface area contributed by atoms with Gasteiger partial charge < -0.3 is 15.0 Å². The lowest BCUT2D eigenvalue weighted by atomic mass is 10.4. The summed E-state index contributed by atoms with van der Waals surface area (Å²) in [6.07, 6.45) is 4.49. The predicted octanol–water partition coefficient (Wildman–Crippen LogP) is 1.95. The average molecular weight is 302 g/mol. The number of hydrogen-bond donors (Lipinski definition) is 2. The molecule has 0 rings (SSSR count). The van der Waals surface area contributed by atoms with E-state index in [2.05, 4.69) is 18.2 Å². The summed E-state index contributed by atoms with van der Waals surface area (Å²) in [4.78, 5) is 11.6. The Hall–Kier alpha value is -1.36. The summed E-state index contributed by atoms with van der Waals surface area (Å²) in [5.74, 6) is -0.207. The summed E-state index contributed by atoms with van der Waals surface area (Å²) < 4.78 is 22.9. The lowest BCUT2D eigenvalue weighted by Crippen LogP contribution is -2.35. The first-order valence-electron chi connectivity index (χ1n) is 6.30. The van der Waals surface area contributed by atoms with Crippen molar-refractivity contribution in [3.05, 3.63) is 37.1 Å². The van der Waals surface area contributed by atoms with Crippen molar-refractivity contribution in [2.24, 2.45) is 5.73 Å². The van der Waals surface area contributed by atoms with Crippen LogP contribution in [0.25, 0.3) is 0 Å². The minimum absolute atomic E-state index is 0.0824. The topological polar surface area (TPSA) is 90.6 Å². The van der Waals surface area contributed by atoms with Crippen LogP contribution < -0.4 is 10.8 Å². The normalized spacial score (nSPS) is 15.8. The van der Waals surface area contributed by atoms with Gasteiger partial charge in [0, 0.05) is 6.54 Å². The molecule has 0 aliphatic heterocycles. The van der Waals surface area contributed by atoms with Crippen molar-refractivity contribution in [1.82, 2.24) is 5.09 Å². The Bertz CT molecular complexity index is 421. The van der Waals surface area contributed by atoms with Gasteiger partial charge in [-0.05, 0) is 26.0 Å². The first-order chi connectivity index (χ1) is 9.42. The average Bonchev–Trinajstić information content (AvgIpc) is 2.38. The molecule has 0 aromatic rings. The monoisotopic (exact) mass is 302 g/mol. The van der Waals surface area contributed by atoms with Gasteiger partial charge >= 0.3 is 13.5 Å². The van der Waals surface area contributed by atoms with Gasteiger partial charge in [-0.3, -0.25) is 9.36 Å². The van der Waals surface area contributed by atoms with Crippen LogP contribution in [0.1, 0.15) is 13.8 Å². The minimum Gasteiger partial charge on any atom is -0.465 e. The molecule has 7 heteroatoms. The predicted molar refractivity (Wildman–Crippen MR) is 80.3 cm³/mol. The largest absolute Gasteiger partial charge is 0.465 e. The van der Waals surface area contributed by atoms with E-state index in [0.717, 1.165) is 0 Å². The van der Waals surface area contributed by atoms with Gasteiger partial charge in [0.2, 0.25) is 0 Å². The van der Waals surface area contributed by atoms with Crippen LogP contribution in [-0.4, -0.2) is 31.3 Å². The Morgan fingerprint density at radius 2 is 2.15 bits per heavy atom. The fourth-order valence-electron chi connectivity index (χ4n) is 1.34. The molecule has 0 heterocycles. The number of esters is 1. The molecule has 2 atom stereocenters. The molecular weight excluding hydrogens is 279 g/mol. The molecule has 0 saturated heterocycles. The highest BCUT2D eigenvalue weighted by Crippen LogP contribution is 2.44. The van der Waals surface area contributed by atoms with Gasteiger partial charge in [0.1, 0.15) is 11.8 Å². The molecular formula is C13H23N2O4P. The fourth-order valence-corrected chi connectivity index (χ4v) is 3.13. The highest BCUT2D eigenvalue weighted by Gasteiger charge is 2.29. The van der Waals surface area contributed by atoms with E-state index >= 15 is 0 Å². The summed E-state index contributed by atoms with van der Waals surface area (Å²) in [6.45, 7) is 10.7. The number of nitrogens with two attached hydrogens (primary N) is 1. The first kappa shape index (κ1) is 18.6. The highest BCUT2D eigenvalue weighted by atomic mass is 31.2. The number of ether oxygens (including phenoxy) is 1. The standard InChI is InChI=1S/C13H23N2O4P/c1-5-8-12(6-2)19-20(17,10-9-14)15-11(4)13(16)18-7-3/h5-6,8,11H,1-2,7,9-10,14H2,3-4H3,(H,15,17)/b12-8+/t11-,20?/m0/s1. The van der Waals surface area contributed by atoms with Gasteiger partial charge in [0.15, 0.2) is 0 Å². The van der Waals surface area contributed by atoms with Crippen molar-refractivity contribution >= 4 is 13.5 Å². The molecule has 6 nitrogen and oxygen atoms in total. The molecule has 20 heavy (non-hydrogen) atoms. The van der Waals surface area contributed by atoms with Crippen LogP contribution in [0.4, 0.5) is 0 Å². The Balaban J connectivity index is 4.96. The van der Waals surface area contributed by atoms with Gasteiger partial charge in [-0.25, -0.2) is 5.09 Å². The molecule has 0 aliphatic rings. The zero-order valence-corrected chi connectivity index (χ0v) is 12.9. The molecule has 0 aromatic heterocycles. The van der Waals surface area contributed by atoms with Crippen LogP contribution in [0.2, 0.25) is 0 Å². The van der Waals surface area contributed by atoms with Crippen molar-refractivity contribution in [2.45, 2.75) is 19.9 Å². The Kier molecular flexibility index (Phi) is 8.88. The van der Waals surface area contributed by atoms with E-state index in [-0.39, 0.29) is 19.3 Å². The second-order valence-corrected chi connectivity index (χ2v) is 6.12. The number of carbonyl (C=O) groups excluding carboxylic acids is 1. The molecule has 0 aromatic carbocycles. The summed E-state index contributed by atoms with van der Waals surface area (Å²) in [7, 11) is -3.32. The van der Waals surface area contributed by atoms with Crippen LogP contribution in [0, 0.1) is 0 Å².